The van der Waals surface area contributed by atoms with Gasteiger partial charge in [0.1, 0.15) is 23.6 Å². The number of H-pyrrole nitrogens is 1. The first-order valence-corrected chi connectivity index (χ1v) is 8.83. The lowest BCUT2D eigenvalue weighted by Crippen LogP contribution is -2.51. The maximum absolute atomic E-state index is 4.56. The Morgan fingerprint density at radius 1 is 1.32 bits per heavy atom. The second-order valence-corrected chi connectivity index (χ2v) is 7.07. The number of likely N-dealkylation sites (N-methyl/N-ethyl adjacent to an activating group) is 1. The van der Waals surface area contributed by atoms with E-state index in [0.717, 1.165) is 42.3 Å². The number of likely N-dealkylation sites (tertiary alicyclic amines) is 1. The van der Waals surface area contributed by atoms with E-state index >= 15 is 0 Å². The van der Waals surface area contributed by atoms with E-state index in [1.807, 2.05) is 18.6 Å². The third-order valence-corrected chi connectivity index (χ3v) is 5.45. The van der Waals surface area contributed by atoms with E-state index in [1.165, 1.54) is 6.42 Å². The fraction of sp³-hybridized carbons (Fsp3) is 0.500. The minimum Gasteiger partial charge on any atom is -0.354 e. The first-order chi connectivity index (χ1) is 12.1. The molecular formula is C18H25N7. The number of hydrogen-bond acceptors (Lipinski definition) is 5. The molecule has 4 heterocycles. The molecule has 3 aromatic rings. The third kappa shape index (κ3) is 3.00. The molecule has 0 aromatic carbocycles. The predicted molar refractivity (Wildman–Crippen MR) is 98.3 cm³/mol. The monoisotopic (exact) mass is 339 g/mol. The standard InChI is InChI=1S/C18H25N7/c1-13-5-8-25(11-16-19-7-9-23(16)2)10-15(13)24(3)18-14-4-6-20-17(14)21-12-22-18/h4,6-7,9,12-13,15H,5,8,10-11H2,1-3H3,(H,20,21,22). The van der Waals surface area contributed by atoms with Crippen molar-refractivity contribution in [3.63, 3.8) is 0 Å². The average molecular weight is 339 g/mol. The molecule has 7 nitrogen and oxygen atoms in total. The Morgan fingerprint density at radius 3 is 3.00 bits per heavy atom. The van der Waals surface area contributed by atoms with Crippen LogP contribution in [0.15, 0.2) is 31.0 Å². The van der Waals surface area contributed by atoms with E-state index in [1.54, 1.807) is 6.33 Å². The number of rotatable bonds is 4. The molecule has 1 aliphatic heterocycles. The van der Waals surface area contributed by atoms with Crippen LogP contribution in [0.5, 0.6) is 0 Å². The summed E-state index contributed by atoms with van der Waals surface area (Å²) in [6.45, 7) is 5.36. The van der Waals surface area contributed by atoms with Crippen molar-refractivity contribution in [1.82, 2.24) is 29.4 Å². The Hall–Kier alpha value is -2.41. The zero-order chi connectivity index (χ0) is 17.4. The van der Waals surface area contributed by atoms with Crippen LogP contribution in [0.25, 0.3) is 11.0 Å². The normalized spacial score (nSPS) is 21.7. The second kappa shape index (κ2) is 6.48. The molecule has 2 unspecified atom stereocenters. The maximum atomic E-state index is 4.56. The Labute approximate surface area is 147 Å². The molecule has 4 rings (SSSR count). The molecule has 0 amide bonds. The molecule has 0 spiro atoms. The number of aromatic amines is 1. The molecule has 1 fully saturated rings. The Kier molecular flexibility index (Phi) is 4.17. The van der Waals surface area contributed by atoms with Crippen LogP contribution in [0.2, 0.25) is 0 Å². The molecule has 0 bridgehead atoms. The van der Waals surface area contributed by atoms with Gasteiger partial charge in [0.05, 0.1) is 11.9 Å². The molecule has 1 N–H and O–H groups in total. The van der Waals surface area contributed by atoms with E-state index in [2.05, 4.69) is 61.4 Å². The summed E-state index contributed by atoms with van der Waals surface area (Å²) in [5.41, 5.74) is 0.894. The fourth-order valence-electron chi connectivity index (χ4n) is 3.81. The zero-order valence-corrected chi connectivity index (χ0v) is 15.1. The topological polar surface area (TPSA) is 65.9 Å². The van der Waals surface area contributed by atoms with Crippen LogP contribution < -0.4 is 4.90 Å². The fourth-order valence-corrected chi connectivity index (χ4v) is 3.81. The Balaban J connectivity index is 1.55. The highest BCUT2D eigenvalue weighted by Crippen LogP contribution is 2.28. The number of piperidine rings is 1. The molecule has 1 aliphatic rings. The van der Waals surface area contributed by atoms with Gasteiger partial charge in [0, 0.05) is 45.3 Å². The Morgan fingerprint density at radius 2 is 2.20 bits per heavy atom. The largest absolute Gasteiger partial charge is 0.354 e. The number of fused-ring (bicyclic) bond motifs is 1. The molecule has 25 heavy (non-hydrogen) atoms. The zero-order valence-electron chi connectivity index (χ0n) is 15.1. The van der Waals surface area contributed by atoms with Crippen LogP contribution >= 0.6 is 0 Å². The van der Waals surface area contributed by atoms with Gasteiger partial charge in [-0.1, -0.05) is 6.92 Å². The molecule has 2 atom stereocenters. The summed E-state index contributed by atoms with van der Waals surface area (Å²) < 4.78 is 2.10. The van der Waals surface area contributed by atoms with Gasteiger partial charge < -0.3 is 14.5 Å². The number of aryl methyl sites for hydroxylation is 1. The molecule has 3 aromatic heterocycles. The van der Waals surface area contributed by atoms with Crippen molar-refractivity contribution < 1.29 is 0 Å². The molecule has 7 heteroatoms. The van der Waals surface area contributed by atoms with E-state index in [4.69, 9.17) is 0 Å². The summed E-state index contributed by atoms with van der Waals surface area (Å²) >= 11 is 0. The molecule has 0 aliphatic carbocycles. The van der Waals surface area contributed by atoms with Gasteiger partial charge in [-0.05, 0) is 24.9 Å². The predicted octanol–water partition coefficient (Wildman–Crippen LogP) is 2.04. The van der Waals surface area contributed by atoms with Gasteiger partial charge in [0.25, 0.3) is 0 Å². The summed E-state index contributed by atoms with van der Waals surface area (Å²) in [5, 5.41) is 1.08. The van der Waals surface area contributed by atoms with Crippen LogP contribution in [0.1, 0.15) is 19.2 Å². The lowest BCUT2D eigenvalue weighted by atomic mass is 9.92. The summed E-state index contributed by atoms with van der Waals surface area (Å²) in [6.07, 6.45) is 8.63. The molecular weight excluding hydrogens is 314 g/mol. The first-order valence-electron chi connectivity index (χ1n) is 8.83. The number of hydrogen-bond donors (Lipinski definition) is 1. The Bertz CT molecular complexity index is 852. The first kappa shape index (κ1) is 16.1. The van der Waals surface area contributed by atoms with Gasteiger partial charge in [-0.25, -0.2) is 15.0 Å². The van der Waals surface area contributed by atoms with Crippen molar-refractivity contribution in [3.8, 4) is 0 Å². The van der Waals surface area contributed by atoms with Crippen LogP contribution in [0.4, 0.5) is 5.82 Å². The van der Waals surface area contributed by atoms with Crippen molar-refractivity contribution in [2.24, 2.45) is 13.0 Å². The van der Waals surface area contributed by atoms with Crippen LogP contribution in [-0.2, 0) is 13.6 Å². The second-order valence-electron chi connectivity index (χ2n) is 7.07. The lowest BCUT2D eigenvalue weighted by Gasteiger charge is -2.42. The average Bonchev–Trinajstić information content (AvgIpc) is 3.25. The van der Waals surface area contributed by atoms with Crippen molar-refractivity contribution in [1.29, 1.82) is 0 Å². The highest BCUT2D eigenvalue weighted by atomic mass is 15.3. The number of anilines is 1. The SMILES string of the molecule is CC1CCN(Cc2nccn2C)CC1N(C)c1ncnc2[nH]ccc12. The number of nitrogens with zero attached hydrogens (tertiary/aromatic N) is 6. The highest BCUT2D eigenvalue weighted by Gasteiger charge is 2.31. The van der Waals surface area contributed by atoms with E-state index in [-0.39, 0.29) is 0 Å². The molecule has 0 saturated carbocycles. The third-order valence-electron chi connectivity index (χ3n) is 5.45. The molecule has 0 radical (unpaired) electrons. The summed E-state index contributed by atoms with van der Waals surface area (Å²) in [4.78, 5) is 21.3. The van der Waals surface area contributed by atoms with Gasteiger partial charge in [0.2, 0.25) is 0 Å². The van der Waals surface area contributed by atoms with E-state index < -0.39 is 0 Å². The maximum Gasteiger partial charge on any atom is 0.142 e. The van der Waals surface area contributed by atoms with Gasteiger partial charge in [-0.3, -0.25) is 4.90 Å². The lowest BCUT2D eigenvalue weighted by molar-refractivity contribution is 0.155. The molecule has 132 valence electrons. The van der Waals surface area contributed by atoms with Crippen molar-refractivity contribution in [2.45, 2.75) is 25.9 Å². The van der Waals surface area contributed by atoms with E-state index in [9.17, 15) is 0 Å². The number of nitrogens with one attached hydrogen (secondary N) is 1. The van der Waals surface area contributed by atoms with Gasteiger partial charge >= 0.3 is 0 Å². The minimum atomic E-state index is 0.419. The van der Waals surface area contributed by atoms with Crippen LogP contribution in [0.3, 0.4) is 0 Å². The van der Waals surface area contributed by atoms with Crippen LogP contribution in [-0.4, -0.2) is 55.6 Å². The number of imidazole rings is 1. The molecule has 1 saturated heterocycles. The summed E-state index contributed by atoms with van der Waals surface area (Å²) in [5.74, 6) is 2.74. The van der Waals surface area contributed by atoms with E-state index in [0.29, 0.717) is 12.0 Å². The summed E-state index contributed by atoms with van der Waals surface area (Å²) in [7, 11) is 4.21. The van der Waals surface area contributed by atoms with Crippen LogP contribution in [0, 0.1) is 5.92 Å². The van der Waals surface area contributed by atoms with Gasteiger partial charge in [0.15, 0.2) is 0 Å². The summed E-state index contributed by atoms with van der Waals surface area (Å²) in [6, 6.07) is 2.47. The van der Waals surface area contributed by atoms with Crippen molar-refractivity contribution in [3.05, 3.63) is 36.8 Å². The van der Waals surface area contributed by atoms with Crippen molar-refractivity contribution >= 4 is 16.9 Å². The quantitative estimate of drug-likeness (QED) is 0.788. The van der Waals surface area contributed by atoms with Gasteiger partial charge in [-0.2, -0.15) is 0 Å². The van der Waals surface area contributed by atoms with Crippen molar-refractivity contribution in [2.75, 3.05) is 25.0 Å². The smallest absolute Gasteiger partial charge is 0.142 e. The number of aromatic nitrogens is 5. The minimum absolute atomic E-state index is 0.419. The van der Waals surface area contributed by atoms with Gasteiger partial charge in [-0.15, -0.1) is 0 Å². The highest BCUT2D eigenvalue weighted by molar-refractivity contribution is 5.87.